The molecule has 120 valence electrons. The second-order valence-electron chi connectivity index (χ2n) is 6.25. The number of anilines is 1. The van der Waals surface area contributed by atoms with Crippen LogP contribution in [0.15, 0.2) is 72.8 Å². The van der Waals surface area contributed by atoms with Gasteiger partial charge in [0, 0.05) is 18.2 Å². The average molecular weight is 315 g/mol. The van der Waals surface area contributed by atoms with Gasteiger partial charge < -0.3 is 10.1 Å². The third-order valence-corrected chi connectivity index (χ3v) is 4.81. The van der Waals surface area contributed by atoms with Crippen molar-refractivity contribution in [1.82, 2.24) is 0 Å². The minimum absolute atomic E-state index is 0.347. The highest BCUT2D eigenvalue weighted by atomic mass is 16.5. The Balaban J connectivity index is 1.80. The predicted molar refractivity (Wildman–Crippen MR) is 98.8 cm³/mol. The molecule has 0 spiro atoms. The van der Waals surface area contributed by atoms with Crippen molar-refractivity contribution in [1.29, 1.82) is 0 Å². The largest absolute Gasteiger partial charge is 0.497 e. The average Bonchev–Trinajstić information content (AvgIpc) is 2.80. The molecule has 0 radical (unpaired) electrons. The monoisotopic (exact) mass is 315 g/mol. The van der Waals surface area contributed by atoms with Gasteiger partial charge in [0.25, 0.3) is 0 Å². The Morgan fingerprint density at radius 2 is 1.71 bits per heavy atom. The van der Waals surface area contributed by atoms with E-state index in [0.29, 0.717) is 5.92 Å². The number of hydrogen-bond donors (Lipinski definition) is 1. The van der Waals surface area contributed by atoms with Gasteiger partial charge >= 0.3 is 0 Å². The lowest BCUT2D eigenvalue weighted by Crippen LogP contribution is -2.06. The van der Waals surface area contributed by atoms with Crippen LogP contribution in [0.4, 0.5) is 5.69 Å². The van der Waals surface area contributed by atoms with Gasteiger partial charge in [-0.05, 0) is 46.9 Å². The van der Waals surface area contributed by atoms with Crippen LogP contribution in [0.2, 0.25) is 0 Å². The van der Waals surface area contributed by atoms with Crippen molar-refractivity contribution in [3.8, 4) is 5.75 Å². The number of hydrogen-bond acceptors (Lipinski definition) is 2. The van der Waals surface area contributed by atoms with E-state index in [2.05, 4.69) is 72.0 Å². The van der Waals surface area contributed by atoms with E-state index in [1.165, 1.54) is 27.9 Å². The maximum Gasteiger partial charge on any atom is 0.119 e. The van der Waals surface area contributed by atoms with E-state index in [4.69, 9.17) is 4.74 Å². The van der Waals surface area contributed by atoms with E-state index in [0.717, 1.165) is 18.7 Å². The fourth-order valence-electron chi connectivity index (χ4n) is 3.61. The summed E-state index contributed by atoms with van der Waals surface area (Å²) >= 11 is 0. The number of ether oxygens (including phenoxy) is 1. The zero-order valence-corrected chi connectivity index (χ0v) is 13.8. The third-order valence-electron chi connectivity index (χ3n) is 4.81. The summed E-state index contributed by atoms with van der Waals surface area (Å²) in [4.78, 5) is 0. The lowest BCUT2D eigenvalue weighted by Gasteiger charge is -2.20. The van der Waals surface area contributed by atoms with Crippen LogP contribution >= 0.6 is 0 Å². The van der Waals surface area contributed by atoms with Crippen LogP contribution in [0.1, 0.15) is 28.2 Å². The van der Waals surface area contributed by atoms with Gasteiger partial charge in [-0.2, -0.15) is 0 Å². The topological polar surface area (TPSA) is 21.3 Å². The molecule has 0 bridgehead atoms. The molecule has 0 saturated carbocycles. The minimum atomic E-state index is 0.347. The van der Waals surface area contributed by atoms with Gasteiger partial charge in [-0.15, -0.1) is 0 Å². The number of para-hydroxylation sites is 1. The van der Waals surface area contributed by atoms with Gasteiger partial charge in [0.05, 0.1) is 7.11 Å². The molecule has 0 fully saturated rings. The Morgan fingerprint density at radius 1 is 0.917 bits per heavy atom. The maximum absolute atomic E-state index is 5.40. The van der Waals surface area contributed by atoms with Crippen LogP contribution in [0.5, 0.6) is 5.75 Å². The molecule has 0 saturated heterocycles. The number of fused-ring (bicyclic) bond motifs is 2. The van der Waals surface area contributed by atoms with Crippen molar-refractivity contribution in [2.45, 2.75) is 18.9 Å². The van der Waals surface area contributed by atoms with Gasteiger partial charge in [0.1, 0.15) is 5.75 Å². The lowest BCUT2D eigenvalue weighted by molar-refractivity contribution is 0.414. The molecule has 0 amide bonds. The molecule has 0 aliphatic carbocycles. The Hall–Kier alpha value is -2.74. The van der Waals surface area contributed by atoms with Crippen LogP contribution in [-0.4, -0.2) is 7.11 Å². The van der Waals surface area contributed by atoms with Gasteiger partial charge in [-0.3, -0.25) is 0 Å². The zero-order valence-electron chi connectivity index (χ0n) is 13.8. The molecule has 1 atom stereocenters. The summed E-state index contributed by atoms with van der Waals surface area (Å²) < 4.78 is 5.40. The summed E-state index contributed by atoms with van der Waals surface area (Å²) in [6, 6.07) is 25.8. The van der Waals surface area contributed by atoms with Gasteiger partial charge in [-0.1, -0.05) is 54.6 Å². The molecule has 2 heteroatoms. The van der Waals surface area contributed by atoms with E-state index in [1.807, 2.05) is 6.07 Å². The highest BCUT2D eigenvalue weighted by Crippen LogP contribution is 2.38. The third kappa shape index (κ3) is 2.76. The van der Waals surface area contributed by atoms with E-state index < -0.39 is 0 Å². The van der Waals surface area contributed by atoms with Crippen molar-refractivity contribution >= 4 is 5.69 Å². The molecule has 1 unspecified atom stereocenters. The quantitative estimate of drug-likeness (QED) is 0.735. The van der Waals surface area contributed by atoms with Crippen LogP contribution < -0.4 is 10.1 Å². The van der Waals surface area contributed by atoms with Crippen LogP contribution in [-0.2, 0) is 13.0 Å². The van der Waals surface area contributed by atoms with E-state index in [9.17, 15) is 0 Å². The van der Waals surface area contributed by atoms with Gasteiger partial charge in [0.2, 0.25) is 0 Å². The summed E-state index contributed by atoms with van der Waals surface area (Å²) in [7, 11) is 1.72. The molecule has 3 aromatic rings. The van der Waals surface area contributed by atoms with Crippen molar-refractivity contribution in [2.75, 3.05) is 12.4 Å². The number of benzene rings is 3. The molecule has 4 rings (SSSR count). The molecular formula is C22H21NO. The van der Waals surface area contributed by atoms with E-state index >= 15 is 0 Å². The Morgan fingerprint density at radius 3 is 2.58 bits per heavy atom. The Bertz CT molecular complexity index is 808. The SMILES string of the molecule is COc1cccc(CC2c3ccccc3CNc3ccccc32)c1. The fraction of sp³-hybridized carbons (Fsp3) is 0.182. The summed E-state index contributed by atoms with van der Waals surface area (Å²) in [6.45, 7) is 0.877. The highest BCUT2D eigenvalue weighted by molar-refractivity contribution is 5.59. The van der Waals surface area contributed by atoms with Crippen LogP contribution in [0, 0.1) is 0 Å². The van der Waals surface area contributed by atoms with Crippen molar-refractivity contribution in [3.05, 3.63) is 95.1 Å². The fourth-order valence-corrected chi connectivity index (χ4v) is 3.61. The van der Waals surface area contributed by atoms with E-state index in [1.54, 1.807) is 7.11 Å². The smallest absolute Gasteiger partial charge is 0.119 e. The van der Waals surface area contributed by atoms with Gasteiger partial charge in [0.15, 0.2) is 0 Å². The minimum Gasteiger partial charge on any atom is -0.497 e. The normalized spacial score (nSPS) is 15.6. The molecule has 1 N–H and O–H groups in total. The first kappa shape index (κ1) is 14.8. The first-order chi connectivity index (χ1) is 11.8. The van der Waals surface area contributed by atoms with Crippen LogP contribution in [0.25, 0.3) is 0 Å². The summed E-state index contributed by atoms with van der Waals surface area (Å²) in [5, 5.41) is 3.59. The summed E-state index contributed by atoms with van der Waals surface area (Å²) in [5.41, 5.74) is 6.69. The molecular weight excluding hydrogens is 294 g/mol. The Kier molecular flexibility index (Phi) is 3.96. The summed E-state index contributed by atoms with van der Waals surface area (Å²) in [6.07, 6.45) is 0.965. The number of methoxy groups -OCH3 is 1. The van der Waals surface area contributed by atoms with Crippen molar-refractivity contribution < 1.29 is 4.74 Å². The molecule has 1 aliphatic heterocycles. The zero-order chi connectivity index (χ0) is 16.4. The second kappa shape index (κ2) is 6.40. The predicted octanol–water partition coefficient (Wildman–Crippen LogP) is 5.00. The second-order valence-corrected chi connectivity index (χ2v) is 6.25. The Labute approximate surface area is 143 Å². The molecule has 2 nitrogen and oxygen atoms in total. The first-order valence-corrected chi connectivity index (χ1v) is 8.38. The molecule has 0 aromatic heterocycles. The maximum atomic E-state index is 5.40. The lowest BCUT2D eigenvalue weighted by atomic mass is 9.84. The molecule has 3 aromatic carbocycles. The molecule has 1 aliphatic rings. The van der Waals surface area contributed by atoms with E-state index in [-0.39, 0.29) is 0 Å². The van der Waals surface area contributed by atoms with Crippen LogP contribution in [0.3, 0.4) is 0 Å². The standard InChI is InChI=1S/C22H21NO/c1-24-18-9-6-7-16(13-18)14-21-19-10-3-2-8-17(19)15-23-22-12-5-4-11-20(21)22/h2-13,21,23H,14-15H2,1H3. The number of nitrogens with one attached hydrogen (secondary N) is 1. The molecule has 1 heterocycles. The number of rotatable bonds is 3. The first-order valence-electron chi connectivity index (χ1n) is 8.38. The summed E-state index contributed by atoms with van der Waals surface area (Å²) in [5.74, 6) is 1.26. The van der Waals surface area contributed by atoms with Crippen molar-refractivity contribution in [2.24, 2.45) is 0 Å². The van der Waals surface area contributed by atoms with Gasteiger partial charge in [-0.25, -0.2) is 0 Å². The highest BCUT2D eigenvalue weighted by Gasteiger charge is 2.23. The molecule has 24 heavy (non-hydrogen) atoms. The van der Waals surface area contributed by atoms with Crippen molar-refractivity contribution in [3.63, 3.8) is 0 Å².